The van der Waals surface area contributed by atoms with Crippen LogP contribution in [0.4, 0.5) is 10.1 Å². The quantitative estimate of drug-likeness (QED) is 0.824. The summed E-state index contributed by atoms with van der Waals surface area (Å²) in [6, 6.07) is 11.3. The van der Waals surface area contributed by atoms with Crippen molar-refractivity contribution in [3.05, 3.63) is 58.9 Å². The van der Waals surface area contributed by atoms with E-state index < -0.39 is 5.82 Å². The Bertz CT molecular complexity index is 634. The zero-order valence-electron chi connectivity index (χ0n) is 11.0. The van der Waals surface area contributed by atoms with Gasteiger partial charge in [-0.25, -0.2) is 4.39 Å². The summed E-state index contributed by atoms with van der Waals surface area (Å²) in [6.07, 6.45) is 0. The van der Waals surface area contributed by atoms with Crippen molar-refractivity contribution in [2.24, 2.45) is 0 Å². The minimum absolute atomic E-state index is 0.00322. The van der Waals surface area contributed by atoms with Gasteiger partial charge in [0.05, 0.1) is 17.4 Å². The van der Waals surface area contributed by atoms with E-state index in [0.29, 0.717) is 5.69 Å². The molecular formula is C15H13ClFNO2S. The van der Waals surface area contributed by atoms with Crippen LogP contribution in [0.3, 0.4) is 0 Å². The fraction of sp³-hybridized carbons (Fsp3) is 0.133. The van der Waals surface area contributed by atoms with Crippen molar-refractivity contribution in [3.8, 4) is 0 Å². The van der Waals surface area contributed by atoms with E-state index in [1.54, 1.807) is 12.1 Å². The molecule has 0 fully saturated rings. The van der Waals surface area contributed by atoms with Crippen LogP contribution in [0.15, 0.2) is 47.4 Å². The number of aliphatic hydroxyl groups is 1. The minimum atomic E-state index is -0.520. The molecule has 0 bridgehead atoms. The first kappa shape index (κ1) is 15.8. The third-order valence-corrected chi connectivity index (χ3v) is 3.98. The molecule has 2 rings (SSSR count). The van der Waals surface area contributed by atoms with E-state index >= 15 is 0 Å². The Morgan fingerprint density at radius 2 is 1.95 bits per heavy atom. The van der Waals surface area contributed by atoms with Crippen LogP contribution in [-0.2, 0) is 11.4 Å². The number of carbonyl (C=O) groups is 1. The number of carbonyl (C=O) groups excluding carboxylic acids is 1. The van der Waals surface area contributed by atoms with Crippen molar-refractivity contribution in [1.29, 1.82) is 0 Å². The predicted molar refractivity (Wildman–Crippen MR) is 83.1 cm³/mol. The highest BCUT2D eigenvalue weighted by atomic mass is 35.5. The van der Waals surface area contributed by atoms with Gasteiger partial charge in [-0.3, -0.25) is 4.79 Å². The summed E-state index contributed by atoms with van der Waals surface area (Å²) in [5.74, 6) is -0.491. The Hall–Kier alpha value is -1.56. The third kappa shape index (κ3) is 4.74. The summed E-state index contributed by atoms with van der Waals surface area (Å²) in [4.78, 5) is 12.7. The van der Waals surface area contributed by atoms with Gasteiger partial charge in [-0.1, -0.05) is 23.7 Å². The molecule has 0 spiro atoms. The predicted octanol–water partition coefficient (Wildman–Crippen LogP) is 3.70. The van der Waals surface area contributed by atoms with Gasteiger partial charge in [-0.05, 0) is 35.9 Å². The molecule has 0 radical (unpaired) electrons. The van der Waals surface area contributed by atoms with Crippen molar-refractivity contribution in [1.82, 2.24) is 0 Å². The van der Waals surface area contributed by atoms with E-state index in [1.807, 2.05) is 12.1 Å². The lowest BCUT2D eigenvalue weighted by Gasteiger charge is -2.06. The fourth-order valence-corrected chi connectivity index (χ4v) is 2.49. The summed E-state index contributed by atoms with van der Waals surface area (Å²) in [7, 11) is 0. The first-order chi connectivity index (χ1) is 10.1. The number of anilines is 1. The fourth-order valence-electron chi connectivity index (χ4n) is 1.61. The molecule has 0 heterocycles. The number of nitrogens with one attached hydrogen (secondary N) is 1. The molecule has 0 aliphatic rings. The SMILES string of the molecule is O=C(CSc1ccc(CO)cc1)Nc1ccc(F)c(Cl)c1. The lowest BCUT2D eigenvalue weighted by molar-refractivity contribution is -0.113. The van der Waals surface area contributed by atoms with Crippen LogP contribution in [0.1, 0.15) is 5.56 Å². The van der Waals surface area contributed by atoms with Crippen LogP contribution in [0.2, 0.25) is 5.02 Å². The third-order valence-electron chi connectivity index (χ3n) is 2.68. The van der Waals surface area contributed by atoms with Crippen LogP contribution < -0.4 is 5.32 Å². The van der Waals surface area contributed by atoms with Crippen molar-refractivity contribution in [2.45, 2.75) is 11.5 Å². The van der Waals surface area contributed by atoms with Gasteiger partial charge in [0.15, 0.2) is 0 Å². The highest BCUT2D eigenvalue weighted by Crippen LogP contribution is 2.21. The number of hydrogen-bond donors (Lipinski definition) is 2. The highest BCUT2D eigenvalue weighted by Gasteiger charge is 2.06. The zero-order valence-corrected chi connectivity index (χ0v) is 12.5. The number of thioether (sulfide) groups is 1. The summed E-state index contributed by atoms with van der Waals surface area (Å²) in [6.45, 7) is -0.00322. The summed E-state index contributed by atoms with van der Waals surface area (Å²) >= 11 is 7.02. The van der Waals surface area contributed by atoms with E-state index in [0.717, 1.165) is 10.5 Å². The van der Waals surface area contributed by atoms with Crippen LogP contribution in [0, 0.1) is 5.82 Å². The largest absolute Gasteiger partial charge is 0.392 e. The van der Waals surface area contributed by atoms with Crippen LogP contribution >= 0.6 is 23.4 Å². The first-order valence-corrected chi connectivity index (χ1v) is 7.52. The van der Waals surface area contributed by atoms with E-state index in [4.69, 9.17) is 16.7 Å². The molecule has 0 atom stereocenters. The number of hydrogen-bond acceptors (Lipinski definition) is 3. The van der Waals surface area contributed by atoms with Gasteiger partial charge < -0.3 is 10.4 Å². The van der Waals surface area contributed by atoms with Gasteiger partial charge in [-0.15, -0.1) is 11.8 Å². The van der Waals surface area contributed by atoms with Crippen molar-refractivity contribution in [3.63, 3.8) is 0 Å². The van der Waals surface area contributed by atoms with Gasteiger partial charge in [0.1, 0.15) is 5.82 Å². The molecule has 21 heavy (non-hydrogen) atoms. The van der Waals surface area contributed by atoms with Crippen LogP contribution in [-0.4, -0.2) is 16.8 Å². The molecule has 0 aliphatic carbocycles. The Morgan fingerprint density at radius 3 is 2.57 bits per heavy atom. The standard InChI is InChI=1S/C15H13ClFNO2S/c16-13-7-11(3-6-14(13)17)18-15(20)9-21-12-4-1-10(8-19)2-5-12/h1-7,19H,8-9H2,(H,18,20). The number of rotatable bonds is 5. The molecule has 2 aromatic carbocycles. The van der Waals surface area contributed by atoms with Crippen molar-refractivity contribution in [2.75, 3.05) is 11.1 Å². The van der Waals surface area contributed by atoms with Crippen molar-refractivity contribution >= 4 is 35.0 Å². The molecule has 0 saturated heterocycles. The normalized spacial score (nSPS) is 10.4. The monoisotopic (exact) mass is 325 g/mol. The number of aliphatic hydroxyl groups excluding tert-OH is 1. The topological polar surface area (TPSA) is 49.3 Å². The average molecular weight is 326 g/mol. The average Bonchev–Trinajstić information content (AvgIpc) is 2.49. The second kappa shape index (κ2) is 7.45. The Morgan fingerprint density at radius 1 is 1.24 bits per heavy atom. The number of halogens is 2. The molecule has 110 valence electrons. The van der Waals surface area contributed by atoms with Gasteiger partial charge >= 0.3 is 0 Å². The molecule has 0 aliphatic heterocycles. The maximum Gasteiger partial charge on any atom is 0.234 e. The molecule has 1 amide bonds. The van der Waals surface area contributed by atoms with E-state index in [9.17, 15) is 9.18 Å². The number of benzene rings is 2. The molecule has 0 saturated carbocycles. The molecule has 0 aromatic heterocycles. The molecule has 3 nitrogen and oxygen atoms in total. The van der Waals surface area contributed by atoms with Crippen LogP contribution in [0.25, 0.3) is 0 Å². The molecule has 6 heteroatoms. The van der Waals surface area contributed by atoms with Gasteiger partial charge in [0.25, 0.3) is 0 Å². The lowest BCUT2D eigenvalue weighted by Crippen LogP contribution is -2.14. The van der Waals surface area contributed by atoms with Crippen molar-refractivity contribution < 1.29 is 14.3 Å². The Labute approximate surface area is 131 Å². The molecule has 0 unspecified atom stereocenters. The summed E-state index contributed by atoms with van der Waals surface area (Å²) in [5.41, 5.74) is 1.28. The Kier molecular flexibility index (Phi) is 5.61. The zero-order chi connectivity index (χ0) is 15.2. The van der Waals surface area contributed by atoms with E-state index in [2.05, 4.69) is 5.32 Å². The summed E-state index contributed by atoms with van der Waals surface area (Å²) < 4.78 is 13.0. The first-order valence-electron chi connectivity index (χ1n) is 6.16. The maximum absolute atomic E-state index is 13.0. The summed E-state index contributed by atoms with van der Waals surface area (Å²) in [5, 5.41) is 11.6. The molecular weight excluding hydrogens is 313 g/mol. The minimum Gasteiger partial charge on any atom is -0.392 e. The highest BCUT2D eigenvalue weighted by molar-refractivity contribution is 8.00. The second-order valence-electron chi connectivity index (χ2n) is 4.27. The Balaban J connectivity index is 1.87. The molecule has 2 N–H and O–H groups in total. The van der Waals surface area contributed by atoms with Gasteiger partial charge in [-0.2, -0.15) is 0 Å². The maximum atomic E-state index is 13.0. The van der Waals surface area contributed by atoms with Gasteiger partial charge in [0.2, 0.25) is 5.91 Å². The number of amides is 1. The van der Waals surface area contributed by atoms with E-state index in [1.165, 1.54) is 30.0 Å². The van der Waals surface area contributed by atoms with Crippen LogP contribution in [0.5, 0.6) is 0 Å². The van der Waals surface area contributed by atoms with E-state index in [-0.39, 0.29) is 23.3 Å². The van der Waals surface area contributed by atoms with Gasteiger partial charge in [0, 0.05) is 10.6 Å². The lowest BCUT2D eigenvalue weighted by atomic mass is 10.2. The smallest absolute Gasteiger partial charge is 0.234 e. The second-order valence-corrected chi connectivity index (χ2v) is 5.72. The molecule has 2 aromatic rings.